The van der Waals surface area contributed by atoms with Crippen LogP contribution in [-0.2, 0) is 0 Å². The third-order valence-electron chi connectivity index (χ3n) is 4.96. The second-order valence-electron chi connectivity index (χ2n) is 6.76. The first-order valence-electron chi connectivity index (χ1n) is 9.15. The molecule has 134 valence electrons. The first-order valence-corrected chi connectivity index (χ1v) is 9.15. The van der Waals surface area contributed by atoms with Crippen molar-refractivity contribution >= 4 is 11.7 Å². The summed E-state index contributed by atoms with van der Waals surface area (Å²) in [6, 6.07) is 12.5. The van der Waals surface area contributed by atoms with E-state index in [9.17, 15) is 4.79 Å². The maximum atomic E-state index is 12.3. The van der Waals surface area contributed by atoms with Crippen LogP contribution in [0.3, 0.4) is 0 Å². The van der Waals surface area contributed by atoms with Gasteiger partial charge in [0.2, 0.25) is 5.78 Å². The lowest BCUT2D eigenvalue weighted by Gasteiger charge is -2.33. The van der Waals surface area contributed by atoms with Crippen molar-refractivity contribution in [2.24, 2.45) is 0 Å². The molecule has 1 aliphatic rings. The highest BCUT2D eigenvalue weighted by Crippen LogP contribution is 2.26. The van der Waals surface area contributed by atoms with Gasteiger partial charge in [0, 0.05) is 38.2 Å². The summed E-state index contributed by atoms with van der Waals surface area (Å²) in [5.41, 5.74) is 1.82. The van der Waals surface area contributed by atoms with Gasteiger partial charge in [-0.15, -0.1) is 0 Å². The Morgan fingerprint density at radius 3 is 2.96 bits per heavy atom. The zero-order valence-electron chi connectivity index (χ0n) is 14.7. The Morgan fingerprint density at radius 1 is 1.23 bits per heavy atom. The molecule has 0 saturated carbocycles. The molecule has 26 heavy (non-hydrogen) atoms. The molecule has 0 bridgehead atoms. The normalized spacial score (nSPS) is 18.1. The monoisotopic (exact) mass is 349 g/mol. The summed E-state index contributed by atoms with van der Waals surface area (Å²) in [7, 11) is 0. The first kappa shape index (κ1) is 16.7. The van der Waals surface area contributed by atoms with E-state index in [4.69, 9.17) is 0 Å². The minimum atomic E-state index is -0.146. The number of piperidine rings is 1. The van der Waals surface area contributed by atoms with E-state index in [1.54, 1.807) is 16.8 Å². The lowest BCUT2D eigenvalue weighted by Crippen LogP contribution is -2.40. The van der Waals surface area contributed by atoms with Crippen molar-refractivity contribution < 1.29 is 4.79 Å². The molecule has 2 aromatic heterocycles. The van der Waals surface area contributed by atoms with Crippen LogP contribution in [-0.4, -0.2) is 51.4 Å². The molecule has 1 fully saturated rings. The fraction of sp³-hybridized carbons (Fsp3) is 0.350. The van der Waals surface area contributed by atoms with Crippen molar-refractivity contribution in [2.75, 3.05) is 26.2 Å². The first-order chi connectivity index (χ1) is 12.8. The van der Waals surface area contributed by atoms with E-state index in [1.807, 2.05) is 12.3 Å². The molecule has 0 unspecified atom stereocenters. The summed E-state index contributed by atoms with van der Waals surface area (Å²) in [4.78, 5) is 23.1. The van der Waals surface area contributed by atoms with Gasteiger partial charge in [0.1, 0.15) is 5.69 Å². The van der Waals surface area contributed by atoms with Crippen LogP contribution in [0.2, 0.25) is 0 Å². The Morgan fingerprint density at radius 2 is 2.12 bits per heavy atom. The van der Waals surface area contributed by atoms with Gasteiger partial charge in [-0.1, -0.05) is 30.3 Å². The SMILES string of the molecule is O=C(NCCN1CCC[C@@H](c2ccccc2)C1)c1cn2cccnc2n1. The van der Waals surface area contributed by atoms with Crippen LogP contribution in [0, 0.1) is 0 Å². The number of imidazole rings is 1. The minimum absolute atomic E-state index is 0.146. The summed E-state index contributed by atoms with van der Waals surface area (Å²) >= 11 is 0. The van der Waals surface area contributed by atoms with Crippen LogP contribution < -0.4 is 5.32 Å². The number of amides is 1. The second kappa shape index (κ2) is 7.66. The predicted octanol–water partition coefficient (Wildman–Crippen LogP) is 2.34. The van der Waals surface area contributed by atoms with E-state index in [0.717, 1.165) is 19.6 Å². The molecular formula is C20H23N5O. The number of likely N-dealkylation sites (tertiary alicyclic amines) is 1. The van der Waals surface area contributed by atoms with Crippen molar-refractivity contribution in [3.63, 3.8) is 0 Å². The minimum Gasteiger partial charge on any atom is -0.349 e. The standard InChI is InChI=1S/C20H23N5O/c26-19(18-15-25-12-5-9-22-20(25)23-18)21-10-13-24-11-4-8-17(14-24)16-6-2-1-3-7-16/h1-3,5-7,9,12,15,17H,4,8,10-11,13-14H2,(H,21,26)/t17-/m1/s1. The molecule has 4 rings (SSSR count). The molecule has 0 spiro atoms. The molecule has 6 nitrogen and oxygen atoms in total. The molecule has 1 N–H and O–H groups in total. The fourth-order valence-electron chi connectivity index (χ4n) is 3.61. The highest BCUT2D eigenvalue weighted by Gasteiger charge is 2.21. The highest BCUT2D eigenvalue weighted by atomic mass is 16.1. The molecule has 1 saturated heterocycles. The Kier molecular flexibility index (Phi) is 4.93. The molecule has 1 atom stereocenters. The number of rotatable bonds is 5. The molecule has 1 aliphatic heterocycles. The van der Waals surface area contributed by atoms with Crippen molar-refractivity contribution in [3.8, 4) is 0 Å². The second-order valence-corrected chi connectivity index (χ2v) is 6.76. The lowest BCUT2D eigenvalue weighted by atomic mass is 9.91. The number of aromatic nitrogens is 3. The lowest BCUT2D eigenvalue weighted by molar-refractivity contribution is 0.0941. The van der Waals surface area contributed by atoms with E-state index in [1.165, 1.54) is 18.4 Å². The Bertz CT molecular complexity index is 843. The number of nitrogens with one attached hydrogen (secondary N) is 1. The number of carbonyl (C=O) groups is 1. The number of hydrogen-bond acceptors (Lipinski definition) is 4. The summed E-state index contributed by atoms with van der Waals surface area (Å²) in [5.74, 6) is 0.983. The number of benzene rings is 1. The van der Waals surface area contributed by atoms with Gasteiger partial charge in [-0.25, -0.2) is 9.97 Å². The quantitative estimate of drug-likeness (QED) is 0.768. The average molecular weight is 349 g/mol. The number of fused-ring (bicyclic) bond motifs is 1. The zero-order chi connectivity index (χ0) is 17.8. The third kappa shape index (κ3) is 3.75. The molecule has 0 aliphatic carbocycles. The van der Waals surface area contributed by atoms with Gasteiger partial charge in [-0.05, 0) is 36.9 Å². The summed E-state index contributed by atoms with van der Waals surface area (Å²) < 4.78 is 1.75. The molecule has 3 aromatic rings. The fourth-order valence-corrected chi connectivity index (χ4v) is 3.61. The molecule has 0 radical (unpaired) electrons. The molecule has 1 amide bonds. The van der Waals surface area contributed by atoms with Crippen molar-refractivity contribution in [1.82, 2.24) is 24.6 Å². The summed E-state index contributed by atoms with van der Waals surface area (Å²) in [6.45, 7) is 3.64. The maximum absolute atomic E-state index is 12.3. The predicted molar refractivity (Wildman–Crippen MR) is 100 cm³/mol. The maximum Gasteiger partial charge on any atom is 0.271 e. The highest BCUT2D eigenvalue weighted by molar-refractivity contribution is 5.92. The van der Waals surface area contributed by atoms with E-state index in [-0.39, 0.29) is 5.91 Å². The van der Waals surface area contributed by atoms with Gasteiger partial charge >= 0.3 is 0 Å². The largest absolute Gasteiger partial charge is 0.349 e. The van der Waals surface area contributed by atoms with Gasteiger partial charge in [-0.2, -0.15) is 0 Å². The Balaban J connectivity index is 1.29. The number of hydrogen-bond donors (Lipinski definition) is 1. The summed E-state index contributed by atoms with van der Waals surface area (Å²) in [6.07, 6.45) is 7.66. The third-order valence-corrected chi connectivity index (χ3v) is 4.96. The van der Waals surface area contributed by atoms with Gasteiger partial charge in [0.05, 0.1) is 0 Å². The smallest absolute Gasteiger partial charge is 0.271 e. The van der Waals surface area contributed by atoms with Crippen molar-refractivity contribution in [3.05, 3.63) is 66.2 Å². The summed E-state index contributed by atoms with van der Waals surface area (Å²) in [5, 5.41) is 2.98. The van der Waals surface area contributed by atoms with E-state index >= 15 is 0 Å². The van der Waals surface area contributed by atoms with Crippen molar-refractivity contribution in [1.29, 1.82) is 0 Å². The van der Waals surface area contributed by atoms with Crippen LogP contribution in [0.4, 0.5) is 0 Å². The van der Waals surface area contributed by atoms with Crippen LogP contribution in [0.15, 0.2) is 55.0 Å². The molecule has 3 heterocycles. The van der Waals surface area contributed by atoms with Gasteiger partial charge < -0.3 is 10.2 Å². The molecule has 6 heteroatoms. The number of nitrogens with zero attached hydrogens (tertiary/aromatic N) is 4. The zero-order valence-corrected chi connectivity index (χ0v) is 14.7. The van der Waals surface area contributed by atoms with Crippen LogP contribution >= 0.6 is 0 Å². The number of carbonyl (C=O) groups excluding carboxylic acids is 1. The van der Waals surface area contributed by atoms with Gasteiger partial charge in [0.25, 0.3) is 5.91 Å². The molecular weight excluding hydrogens is 326 g/mol. The van der Waals surface area contributed by atoms with Crippen LogP contribution in [0.25, 0.3) is 5.78 Å². The van der Waals surface area contributed by atoms with Gasteiger partial charge in [-0.3, -0.25) is 9.20 Å². The Hall–Kier alpha value is -2.73. The molecule has 1 aromatic carbocycles. The van der Waals surface area contributed by atoms with E-state index in [0.29, 0.717) is 23.9 Å². The average Bonchev–Trinajstić information content (AvgIpc) is 3.13. The van der Waals surface area contributed by atoms with Gasteiger partial charge in [0.15, 0.2) is 0 Å². The van der Waals surface area contributed by atoms with Crippen LogP contribution in [0.5, 0.6) is 0 Å². The van der Waals surface area contributed by atoms with Crippen LogP contribution in [0.1, 0.15) is 34.8 Å². The van der Waals surface area contributed by atoms with Crippen molar-refractivity contribution in [2.45, 2.75) is 18.8 Å². The van der Waals surface area contributed by atoms with E-state index in [2.05, 4.69) is 50.5 Å². The topological polar surface area (TPSA) is 62.5 Å². The Labute approximate surface area is 152 Å². The van der Waals surface area contributed by atoms with E-state index < -0.39 is 0 Å².